The first-order chi connectivity index (χ1) is 12.0. The third-order valence-corrected chi connectivity index (χ3v) is 6.84. The fourth-order valence-corrected chi connectivity index (χ4v) is 6.18. The van der Waals surface area contributed by atoms with E-state index in [4.69, 9.17) is 0 Å². The van der Waals surface area contributed by atoms with Gasteiger partial charge in [-0.3, -0.25) is 4.79 Å². The normalized spacial score (nSPS) is 34.1. The van der Waals surface area contributed by atoms with Crippen LogP contribution in [-0.2, 0) is 17.8 Å². The summed E-state index contributed by atoms with van der Waals surface area (Å²) in [6.45, 7) is 3.68. The van der Waals surface area contributed by atoms with Crippen molar-refractivity contribution >= 4 is 5.91 Å². The van der Waals surface area contributed by atoms with E-state index in [9.17, 15) is 4.79 Å². The summed E-state index contributed by atoms with van der Waals surface area (Å²) in [5.74, 6) is 2.90. The maximum Gasteiger partial charge on any atom is 0.275 e. The number of likely N-dealkylation sites (N-methyl/N-ethyl adjacent to an activating group) is 1. The summed E-state index contributed by atoms with van der Waals surface area (Å²) in [4.78, 5) is 14.0. The predicted octanol–water partition coefficient (Wildman–Crippen LogP) is 2.35. The van der Waals surface area contributed by atoms with Crippen molar-refractivity contribution in [1.29, 1.82) is 0 Å². The van der Waals surface area contributed by atoms with Crippen molar-refractivity contribution in [2.24, 2.45) is 17.8 Å². The molecule has 4 aliphatic carbocycles. The molecule has 4 fully saturated rings. The van der Waals surface area contributed by atoms with Gasteiger partial charge in [-0.25, -0.2) is 0 Å². The smallest absolute Gasteiger partial charge is 0.275 e. The molecule has 4 bridgehead atoms. The maximum absolute atomic E-state index is 12.7. The van der Waals surface area contributed by atoms with Crippen LogP contribution in [0, 0.1) is 17.8 Å². The maximum atomic E-state index is 12.7. The van der Waals surface area contributed by atoms with E-state index in [2.05, 4.69) is 43.6 Å². The standard InChI is InChI=1S/C22H32N2O/c1-3-16-4-6-17(7-5-16)14-24(2)15-21(25)23-22-11-18-8-19(12-22)10-20(9-18)13-22/h4-7,18-20H,3,8-15H2,1-2H3,(H,23,25)/p+1. The summed E-state index contributed by atoms with van der Waals surface area (Å²) in [6.07, 6.45) is 9.07. The lowest BCUT2D eigenvalue weighted by Gasteiger charge is -2.56. The van der Waals surface area contributed by atoms with Crippen molar-refractivity contribution in [3.63, 3.8) is 0 Å². The number of benzene rings is 1. The highest BCUT2D eigenvalue weighted by Crippen LogP contribution is 2.55. The van der Waals surface area contributed by atoms with E-state index >= 15 is 0 Å². The van der Waals surface area contributed by atoms with E-state index in [0.717, 1.165) is 30.7 Å². The topological polar surface area (TPSA) is 33.5 Å². The Balaban J connectivity index is 1.31. The minimum atomic E-state index is 0.148. The predicted molar refractivity (Wildman–Crippen MR) is 100 cm³/mol. The zero-order valence-electron chi connectivity index (χ0n) is 15.8. The van der Waals surface area contributed by atoms with Crippen molar-refractivity contribution in [2.75, 3.05) is 13.6 Å². The van der Waals surface area contributed by atoms with E-state index in [-0.39, 0.29) is 11.4 Å². The first-order valence-corrected chi connectivity index (χ1v) is 10.2. The van der Waals surface area contributed by atoms with E-state index in [1.54, 1.807) is 0 Å². The molecule has 0 radical (unpaired) electrons. The Labute approximate surface area is 152 Å². The minimum Gasteiger partial charge on any atom is -0.346 e. The second-order valence-corrected chi connectivity index (χ2v) is 9.23. The van der Waals surface area contributed by atoms with Gasteiger partial charge in [0.1, 0.15) is 6.54 Å². The molecule has 4 aliphatic rings. The molecule has 1 amide bonds. The van der Waals surface area contributed by atoms with Crippen LogP contribution in [0.1, 0.15) is 56.6 Å². The van der Waals surface area contributed by atoms with Gasteiger partial charge in [-0.1, -0.05) is 31.2 Å². The molecule has 0 spiro atoms. The van der Waals surface area contributed by atoms with Crippen LogP contribution in [0.2, 0.25) is 0 Å². The molecule has 2 N–H and O–H groups in total. The van der Waals surface area contributed by atoms with Gasteiger partial charge in [-0.05, 0) is 68.3 Å². The Bertz CT molecular complexity index is 586. The Morgan fingerprint density at radius 1 is 1.04 bits per heavy atom. The Hall–Kier alpha value is -1.35. The van der Waals surface area contributed by atoms with Gasteiger partial charge >= 0.3 is 0 Å². The molecular weight excluding hydrogens is 308 g/mol. The van der Waals surface area contributed by atoms with Crippen LogP contribution in [0.4, 0.5) is 0 Å². The number of carbonyl (C=O) groups is 1. The van der Waals surface area contributed by atoms with Crippen LogP contribution in [-0.4, -0.2) is 25.0 Å². The van der Waals surface area contributed by atoms with Gasteiger partial charge in [0.05, 0.1) is 7.05 Å². The molecule has 25 heavy (non-hydrogen) atoms. The first-order valence-electron chi connectivity index (χ1n) is 10.2. The summed E-state index contributed by atoms with van der Waals surface area (Å²) in [5, 5.41) is 3.50. The lowest BCUT2D eigenvalue weighted by atomic mass is 9.53. The number of hydrogen-bond acceptors (Lipinski definition) is 1. The van der Waals surface area contributed by atoms with Crippen LogP contribution < -0.4 is 10.2 Å². The van der Waals surface area contributed by atoms with Crippen LogP contribution in [0.25, 0.3) is 0 Å². The first kappa shape index (κ1) is 17.1. The van der Waals surface area contributed by atoms with Crippen molar-refractivity contribution < 1.29 is 9.69 Å². The zero-order chi connectivity index (χ0) is 17.4. The minimum absolute atomic E-state index is 0.148. The molecule has 0 heterocycles. The summed E-state index contributed by atoms with van der Waals surface area (Å²) in [5.41, 5.74) is 2.84. The largest absolute Gasteiger partial charge is 0.346 e. The molecule has 0 aliphatic heterocycles. The van der Waals surface area contributed by atoms with Gasteiger partial charge in [-0.15, -0.1) is 0 Å². The number of rotatable bonds is 6. The number of quaternary nitrogens is 1. The fraction of sp³-hybridized carbons (Fsp3) is 0.682. The average molecular weight is 342 g/mol. The molecule has 3 nitrogen and oxygen atoms in total. The molecule has 1 unspecified atom stereocenters. The average Bonchev–Trinajstić information content (AvgIpc) is 2.53. The monoisotopic (exact) mass is 341 g/mol. The molecule has 1 aromatic carbocycles. The molecule has 1 atom stereocenters. The second-order valence-electron chi connectivity index (χ2n) is 9.23. The molecule has 4 saturated carbocycles. The van der Waals surface area contributed by atoms with Crippen molar-refractivity contribution in [3.8, 4) is 0 Å². The lowest BCUT2D eigenvalue weighted by Crippen LogP contribution is -3.09. The Morgan fingerprint density at radius 3 is 2.08 bits per heavy atom. The summed E-state index contributed by atoms with van der Waals surface area (Å²) >= 11 is 0. The highest BCUT2D eigenvalue weighted by atomic mass is 16.2. The lowest BCUT2D eigenvalue weighted by molar-refractivity contribution is -0.885. The zero-order valence-corrected chi connectivity index (χ0v) is 15.8. The number of hydrogen-bond donors (Lipinski definition) is 2. The molecule has 136 valence electrons. The van der Waals surface area contributed by atoms with Gasteiger partial charge in [0.2, 0.25) is 0 Å². The van der Waals surface area contributed by atoms with E-state index in [1.165, 1.54) is 54.6 Å². The van der Waals surface area contributed by atoms with Crippen molar-refractivity contribution in [2.45, 2.75) is 64.0 Å². The van der Waals surface area contributed by atoms with Crippen molar-refractivity contribution in [1.82, 2.24) is 5.32 Å². The van der Waals surface area contributed by atoms with E-state index in [1.807, 2.05) is 0 Å². The Morgan fingerprint density at radius 2 is 1.56 bits per heavy atom. The number of aryl methyl sites for hydroxylation is 1. The Kier molecular flexibility index (Phi) is 4.61. The van der Waals surface area contributed by atoms with Gasteiger partial charge in [0, 0.05) is 11.1 Å². The van der Waals surface area contributed by atoms with Crippen molar-refractivity contribution in [3.05, 3.63) is 35.4 Å². The molecule has 0 saturated heterocycles. The van der Waals surface area contributed by atoms with Gasteiger partial charge in [-0.2, -0.15) is 0 Å². The van der Waals surface area contributed by atoms with Crippen LogP contribution in [0.3, 0.4) is 0 Å². The molecule has 5 rings (SSSR count). The number of amides is 1. The second kappa shape index (κ2) is 6.75. The molecule has 3 heteroatoms. The number of carbonyl (C=O) groups excluding carboxylic acids is 1. The van der Waals surface area contributed by atoms with Crippen LogP contribution in [0.15, 0.2) is 24.3 Å². The van der Waals surface area contributed by atoms with Gasteiger partial charge in [0.15, 0.2) is 6.54 Å². The van der Waals surface area contributed by atoms with Crippen LogP contribution >= 0.6 is 0 Å². The number of nitrogens with one attached hydrogen (secondary N) is 2. The fourth-order valence-electron chi connectivity index (χ4n) is 6.18. The summed E-state index contributed by atoms with van der Waals surface area (Å²) < 4.78 is 0. The summed E-state index contributed by atoms with van der Waals surface area (Å²) in [7, 11) is 2.13. The summed E-state index contributed by atoms with van der Waals surface area (Å²) in [6, 6.07) is 8.83. The third-order valence-electron chi connectivity index (χ3n) is 6.84. The molecule has 1 aromatic rings. The SMILES string of the molecule is CCc1ccc(C[NH+](C)CC(=O)NC23CC4CC(CC(C4)C2)C3)cc1. The molecular formula is C22H33N2O+. The van der Waals surface area contributed by atoms with E-state index < -0.39 is 0 Å². The quantitative estimate of drug-likeness (QED) is 0.818. The van der Waals surface area contributed by atoms with Gasteiger partial charge < -0.3 is 10.2 Å². The highest BCUT2D eigenvalue weighted by Gasteiger charge is 2.51. The van der Waals surface area contributed by atoms with E-state index in [0.29, 0.717) is 6.54 Å². The van der Waals surface area contributed by atoms with Gasteiger partial charge in [0.25, 0.3) is 5.91 Å². The highest BCUT2D eigenvalue weighted by molar-refractivity contribution is 5.77. The third kappa shape index (κ3) is 3.76. The molecule has 0 aromatic heterocycles. The van der Waals surface area contributed by atoms with Crippen LogP contribution in [0.5, 0.6) is 0 Å².